The topological polar surface area (TPSA) is 15.3 Å². The van der Waals surface area contributed by atoms with Gasteiger partial charge >= 0.3 is 0 Å². The van der Waals surface area contributed by atoms with Crippen LogP contribution in [0, 0.1) is 5.92 Å². The van der Waals surface area contributed by atoms with Crippen molar-refractivity contribution in [1.29, 1.82) is 0 Å². The Balaban J connectivity index is 1.56. The van der Waals surface area contributed by atoms with Crippen LogP contribution in [0.25, 0.3) is 0 Å². The molecule has 3 aliphatic rings. The van der Waals surface area contributed by atoms with Crippen LogP contribution < -0.4 is 5.32 Å². The standard InChI is InChI=1S/C21H42N2/c1-3-5-6-7-8-9-10-11-13-20(12-4-2)22-21-18-19-14-16-23(21)17-15-19/h19-22H,3-18H2,1-2H3. The predicted molar refractivity (Wildman–Crippen MR) is 102 cm³/mol. The average Bonchev–Trinajstić information content (AvgIpc) is 2.58. The zero-order valence-electron chi connectivity index (χ0n) is 16.0. The molecule has 3 aliphatic heterocycles. The van der Waals surface area contributed by atoms with Crippen molar-refractivity contribution in [2.45, 2.75) is 116 Å². The van der Waals surface area contributed by atoms with Crippen LogP contribution in [-0.4, -0.2) is 30.2 Å². The third-order valence-electron chi connectivity index (χ3n) is 6.12. The lowest BCUT2D eigenvalue weighted by molar-refractivity contribution is 0.0232. The van der Waals surface area contributed by atoms with E-state index in [2.05, 4.69) is 24.1 Å². The molecular formula is C21H42N2. The first-order valence-corrected chi connectivity index (χ1v) is 10.8. The number of nitrogens with one attached hydrogen (secondary N) is 1. The van der Waals surface area contributed by atoms with Crippen molar-refractivity contribution in [1.82, 2.24) is 10.2 Å². The Labute approximate surface area is 145 Å². The van der Waals surface area contributed by atoms with Crippen molar-refractivity contribution in [3.05, 3.63) is 0 Å². The number of hydrogen-bond donors (Lipinski definition) is 1. The lowest BCUT2D eigenvalue weighted by Gasteiger charge is -2.47. The maximum Gasteiger partial charge on any atom is 0.0601 e. The normalized spacial score (nSPS) is 28.2. The molecule has 3 saturated heterocycles. The van der Waals surface area contributed by atoms with E-state index in [0.29, 0.717) is 6.17 Å². The summed E-state index contributed by atoms with van der Waals surface area (Å²) in [5.74, 6) is 1.02. The van der Waals surface area contributed by atoms with Crippen molar-refractivity contribution in [3.8, 4) is 0 Å². The van der Waals surface area contributed by atoms with Crippen molar-refractivity contribution in [3.63, 3.8) is 0 Å². The molecule has 3 fully saturated rings. The van der Waals surface area contributed by atoms with E-state index in [1.807, 2.05) is 0 Å². The van der Waals surface area contributed by atoms with E-state index in [1.165, 1.54) is 103 Å². The molecule has 23 heavy (non-hydrogen) atoms. The molecule has 136 valence electrons. The fourth-order valence-electron chi connectivity index (χ4n) is 4.59. The molecule has 3 heterocycles. The molecule has 0 spiro atoms. The van der Waals surface area contributed by atoms with Crippen LogP contribution in [0.1, 0.15) is 104 Å². The summed E-state index contributed by atoms with van der Waals surface area (Å²) < 4.78 is 0. The van der Waals surface area contributed by atoms with Crippen LogP contribution in [0.4, 0.5) is 0 Å². The second-order valence-corrected chi connectivity index (χ2v) is 8.15. The highest BCUT2D eigenvalue weighted by atomic mass is 15.3. The van der Waals surface area contributed by atoms with Crippen LogP contribution >= 0.6 is 0 Å². The number of rotatable bonds is 13. The molecule has 0 saturated carbocycles. The van der Waals surface area contributed by atoms with E-state index in [0.717, 1.165) is 12.0 Å². The number of piperidine rings is 3. The van der Waals surface area contributed by atoms with Crippen LogP contribution in [0.3, 0.4) is 0 Å². The van der Waals surface area contributed by atoms with Gasteiger partial charge in [-0.05, 0) is 51.1 Å². The molecule has 2 heteroatoms. The van der Waals surface area contributed by atoms with Crippen LogP contribution in [0.15, 0.2) is 0 Å². The molecule has 2 unspecified atom stereocenters. The number of unbranched alkanes of at least 4 members (excludes halogenated alkanes) is 7. The summed E-state index contributed by atoms with van der Waals surface area (Å²) in [5.41, 5.74) is 0. The summed E-state index contributed by atoms with van der Waals surface area (Å²) in [6, 6.07) is 0.768. The SMILES string of the molecule is CCCCCCCCCCC(CCC)NC1CC2CCN1CC2. The van der Waals surface area contributed by atoms with E-state index in [-0.39, 0.29) is 0 Å². The van der Waals surface area contributed by atoms with Gasteiger partial charge in [0.15, 0.2) is 0 Å². The minimum absolute atomic E-state index is 0.702. The maximum atomic E-state index is 4.03. The minimum atomic E-state index is 0.702. The number of fused-ring (bicyclic) bond motifs is 3. The molecule has 2 atom stereocenters. The van der Waals surface area contributed by atoms with Gasteiger partial charge in [-0.3, -0.25) is 10.2 Å². The minimum Gasteiger partial charge on any atom is -0.299 e. The highest BCUT2D eigenvalue weighted by molar-refractivity contribution is 4.88. The van der Waals surface area contributed by atoms with Gasteiger partial charge in [0, 0.05) is 6.04 Å². The Morgan fingerprint density at radius 2 is 1.48 bits per heavy atom. The Hall–Kier alpha value is -0.0800. The molecule has 3 rings (SSSR count). The number of nitrogens with zero attached hydrogens (tertiary/aromatic N) is 1. The van der Waals surface area contributed by atoms with Gasteiger partial charge in [0.1, 0.15) is 0 Å². The fraction of sp³-hybridized carbons (Fsp3) is 1.00. The van der Waals surface area contributed by atoms with E-state index >= 15 is 0 Å². The molecule has 2 bridgehead atoms. The molecule has 0 radical (unpaired) electrons. The van der Waals surface area contributed by atoms with Gasteiger partial charge in [-0.25, -0.2) is 0 Å². The van der Waals surface area contributed by atoms with E-state index in [1.54, 1.807) is 0 Å². The van der Waals surface area contributed by atoms with Crippen LogP contribution in [0.2, 0.25) is 0 Å². The largest absolute Gasteiger partial charge is 0.299 e. The summed E-state index contributed by atoms with van der Waals surface area (Å²) in [6.45, 7) is 7.34. The molecule has 0 aromatic carbocycles. The fourth-order valence-corrected chi connectivity index (χ4v) is 4.59. The second kappa shape index (κ2) is 11.5. The molecule has 0 aliphatic carbocycles. The summed E-state index contributed by atoms with van der Waals surface area (Å²) >= 11 is 0. The molecule has 0 amide bonds. The first kappa shape index (κ1) is 19.2. The highest BCUT2D eigenvalue weighted by Gasteiger charge is 2.34. The predicted octanol–water partition coefficient (Wildman–Crippen LogP) is 5.72. The van der Waals surface area contributed by atoms with Crippen LogP contribution in [-0.2, 0) is 0 Å². The third kappa shape index (κ3) is 7.13. The summed E-state index contributed by atoms with van der Waals surface area (Å²) in [4.78, 5) is 2.72. The van der Waals surface area contributed by atoms with Gasteiger partial charge in [-0.2, -0.15) is 0 Å². The van der Waals surface area contributed by atoms with Gasteiger partial charge in [-0.15, -0.1) is 0 Å². The molecular weight excluding hydrogens is 280 g/mol. The molecule has 2 nitrogen and oxygen atoms in total. The summed E-state index contributed by atoms with van der Waals surface area (Å²) in [7, 11) is 0. The molecule has 1 N–H and O–H groups in total. The Morgan fingerprint density at radius 3 is 2.04 bits per heavy atom. The van der Waals surface area contributed by atoms with Crippen LogP contribution in [0.5, 0.6) is 0 Å². The van der Waals surface area contributed by atoms with Crippen molar-refractivity contribution in [2.75, 3.05) is 13.1 Å². The third-order valence-corrected chi connectivity index (χ3v) is 6.12. The van der Waals surface area contributed by atoms with Gasteiger partial charge in [0.2, 0.25) is 0 Å². The zero-order valence-corrected chi connectivity index (χ0v) is 16.0. The van der Waals surface area contributed by atoms with E-state index < -0.39 is 0 Å². The van der Waals surface area contributed by atoms with E-state index in [9.17, 15) is 0 Å². The zero-order chi connectivity index (χ0) is 16.3. The van der Waals surface area contributed by atoms with Crippen molar-refractivity contribution >= 4 is 0 Å². The van der Waals surface area contributed by atoms with Crippen molar-refractivity contribution in [2.24, 2.45) is 5.92 Å². The smallest absolute Gasteiger partial charge is 0.0601 e. The second-order valence-electron chi connectivity index (χ2n) is 8.15. The Bertz CT molecular complexity index is 284. The van der Waals surface area contributed by atoms with Gasteiger partial charge in [0.05, 0.1) is 6.17 Å². The Kier molecular flexibility index (Phi) is 9.60. The first-order valence-electron chi connectivity index (χ1n) is 10.8. The Morgan fingerprint density at radius 1 is 0.826 bits per heavy atom. The number of hydrogen-bond acceptors (Lipinski definition) is 2. The lowest BCUT2D eigenvalue weighted by Crippen LogP contribution is -2.57. The highest BCUT2D eigenvalue weighted by Crippen LogP contribution is 2.31. The van der Waals surface area contributed by atoms with Gasteiger partial charge in [-0.1, -0.05) is 71.6 Å². The van der Waals surface area contributed by atoms with Gasteiger partial charge < -0.3 is 0 Å². The van der Waals surface area contributed by atoms with E-state index in [4.69, 9.17) is 0 Å². The first-order chi connectivity index (χ1) is 11.3. The monoisotopic (exact) mass is 322 g/mol. The van der Waals surface area contributed by atoms with Crippen molar-refractivity contribution < 1.29 is 0 Å². The quantitative estimate of drug-likeness (QED) is 0.436. The van der Waals surface area contributed by atoms with Gasteiger partial charge in [0.25, 0.3) is 0 Å². The lowest BCUT2D eigenvalue weighted by atomic mass is 9.86. The molecule has 0 aromatic heterocycles. The summed E-state index contributed by atoms with van der Waals surface area (Å²) in [5, 5.41) is 4.03. The summed E-state index contributed by atoms with van der Waals surface area (Å²) in [6.07, 6.45) is 20.6. The average molecular weight is 323 g/mol. The maximum absolute atomic E-state index is 4.03. The molecule has 0 aromatic rings.